The van der Waals surface area contributed by atoms with E-state index in [2.05, 4.69) is 0 Å². The molecule has 2 aromatic heterocycles. The molecule has 1 aliphatic heterocycles. The van der Waals surface area contributed by atoms with Crippen molar-refractivity contribution in [3.8, 4) is 16.4 Å². The van der Waals surface area contributed by atoms with Gasteiger partial charge in [-0.25, -0.2) is 0 Å². The normalized spacial score (nSPS) is 15.5. The highest BCUT2D eigenvalue weighted by atomic mass is 35.5. The molecule has 5 heteroatoms. The second kappa shape index (κ2) is 5.48. The predicted octanol–water partition coefficient (Wildman–Crippen LogP) is 5.66. The van der Waals surface area contributed by atoms with E-state index < -0.39 is 0 Å². The number of benzene rings is 2. The van der Waals surface area contributed by atoms with Crippen molar-refractivity contribution >= 4 is 33.9 Å². The Labute approximate surface area is 152 Å². The van der Waals surface area contributed by atoms with E-state index in [4.69, 9.17) is 20.8 Å². The van der Waals surface area contributed by atoms with Gasteiger partial charge in [-0.15, -0.1) is 11.3 Å². The van der Waals surface area contributed by atoms with Crippen LogP contribution in [0.15, 0.2) is 69.2 Å². The van der Waals surface area contributed by atoms with E-state index in [0.717, 1.165) is 16.0 Å². The lowest BCUT2D eigenvalue weighted by Crippen LogP contribution is -2.19. The van der Waals surface area contributed by atoms with Gasteiger partial charge in [0.15, 0.2) is 11.9 Å². The van der Waals surface area contributed by atoms with Gasteiger partial charge >= 0.3 is 0 Å². The molecule has 4 aromatic rings. The van der Waals surface area contributed by atoms with Gasteiger partial charge in [0, 0.05) is 10.6 Å². The summed E-state index contributed by atoms with van der Waals surface area (Å²) in [5.74, 6) is 0.746. The Bertz CT molecular complexity index is 1160. The van der Waals surface area contributed by atoms with Crippen LogP contribution < -0.4 is 10.2 Å². The molecule has 5 rings (SSSR count). The summed E-state index contributed by atoms with van der Waals surface area (Å²) < 4.78 is 12.2. The highest BCUT2D eigenvalue weighted by molar-refractivity contribution is 7.13. The summed E-state index contributed by atoms with van der Waals surface area (Å²) in [5.41, 5.74) is 2.33. The van der Waals surface area contributed by atoms with Crippen molar-refractivity contribution in [2.45, 2.75) is 6.10 Å². The van der Waals surface area contributed by atoms with Crippen molar-refractivity contribution in [3.05, 3.63) is 86.4 Å². The van der Waals surface area contributed by atoms with Gasteiger partial charge in [-0.1, -0.05) is 41.9 Å². The Hall–Kier alpha value is -2.56. The van der Waals surface area contributed by atoms with E-state index in [0.29, 0.717) is 21.8 Å². The van der Waals surface area contributed by atoms with Gasteiger partial charge in [-0.3, -0.25) is 4.79 Å². The van der Waals surface area contributed by atoms with Crippen LogP contribution in [-0.4, -0.2) is 0 Å². The molecular formula is C20H11ClO3S. The molecule has 0 saturated heterocycles. The minimum absolute atomic E-state index is 0.196. The zero-order chi connectivity index (χ0) is 17.0. The number of rotatable bonds is 1. The van der Waals surface area contributed by atoms with Crippen LogP contribution in [0.25, 0.3) is 21.6 Å². The maximum atomic E-state index is 13.0. The number of thiophene rings is 1. The standard InChI is InChI=1S/C20H11ClO3S/c21-12-6-7-15-14(10-12)16(22)18-19(23-15)20-13(8-9-25-20)17(24-18)11-4-2-1-3-5-11/h1-10,17H. The lowest BCUT2D eigenvalue weighted by atomic mass is 9.98. The molecule has 3 nitrogen and oxygen atoms in total. The maximum Gasteiger partial charge on any atom is 0.235 e. The lowest BCUT2D eigenvalue weighted by Gasteiger charge is -2.25. The Kier molecular flexibility index (Phi) is 3.23. The molecule has 2 aromatic carbocycles. The molecule has 0 aliphatic carbocycles. The van der Waals surface area contributed by atoms with E-state index in [1.165, 1.54) is 0 Å². The lowest BCUT2D eigenvalue weighted by molar-refractivity contribution is 0.235. The fourth-order valence-electron chi connectivity index (χ4n) is 3.17. The van der Waals surface area contributed by atoms with Gasteiger partial charge < -0.3 is 9.15 Å². The first kappa shape index (κ1) is 14.8. The summed E-state index contributed by atoms with van der Waals surface area (Å²) in [5, 5.41) is 2.91. The highest BCUT2D eigenvalue weighted by Gasteiger charge is 2.32. The fraction of sp³-hybridized carbons (Fsp3) is 0.0500. The average Bonchev–Trinajstić information content (AvgIpc) is 3.13. The third-order valence-electron chi connectivity index (χ3n) is 4.33. The van der Waals surface area contributed by atoms with E-state index >= 15 is 0 Å². The molecule has 0 saturated carbocycles. The second-order valence-corrected chi connectivity index (χ2v) is 7.20. The smallest absolute Gasteiger partial charge is 0.235 e. The Morgan fingerprint density at radius 3 is 2.72 bits per heavy atom. The highest BCUT2D eigenvalue weighted by Crippen LogP contribution is 2.46. The van der Waals surface area contributed by atoms with Crippen LogP contribution in [0.2, 0.25) is 5.02 Å². The minimum atomic E-state index is -0.325. The number of ether oxygens (including phenoxy) is 1. The number of halogens is 1. The molecule has 1 aliphatic rings. The first-order valence-electron chi connectivity index (χ1n) is 7.78. The summed E-state index contributed by atoms with van der Waals surface area (Å²) >= 11 is 7.59. The van der Waals surface area contributed by atoms with Gasteiger partial charge in [0.1, 0.15) is 5.58 Å². The molecule has 25 heavy (non-hydrogen) atoms. The molecule has 0 amide bonds. The van der Waals surface area contributed by atoms with Crippen molar-refractivity contribution in [2.75, 3.05) is 0 Å². The maximum absolute atomic E-state index is 13.0. The van der Waals surface area contributed by atoms with Crippen molar-refractivity contribution in [1.29, 1.82) is 0 Å². The Morgan fingerprint density at radius 2 is 1.88 bits per heavy atom. The van der Waals surface area contributed by atoms with Gasteiger partial charge in [-0.05, 0) is 35.2 Å². The minimum Gasteiger partial charge on any atom is -0.473 e. The largest absolute Gasteiger partial charge is 0.473 e. The van der Waals surface area contributed by atoms with E-state index in [1.54, 1.807) is 29.5 Å². The Balaban J connectivity index is 1.80. The van der Waals surface area contributed by atoms with Crippen LogP contribution in [0.5, 0.6) is 5.75 Å². The number of fused-ring (bicyclic) bond motifs is 4. The van der Waals surface area contributed by atoms with Crippen molar-refractivity contribution in [3.63, 3.8) is 0 Å². The van der Waals surface area contributed by atoms with E-state index in [9.17, 15) is 4.79 Å². The van der Waals surface area contributed by atoms with Crippen LogP contribution in [0.4, 0.5) is 0 Å². The van der Waals surface area contributed by atoms with Crippen LogP contribution in [-0.2, 0) is 0 Å². The van der Waals surface area contributed by atoms with Crippen molar-refractivity contribution in [2.24, 2.45) is 0 Å². The third kappa shape index (κ3) is 2.22. The molecule has 0 spiro atoms. The predicted molar refractivity (Wildman–Crippen MR) is 99.7 cm³/mol. The van der Waals surface area contributed by atoms with Gasteiger partial charge in [0.2, 0.25) is 11.2 Å². The number of hydrogen-bond acceptors (Lipinski definition) is 4. The summed E-state index contributed by atoms with van der Waals surface area (Å²) in [6.45, 7) is 0. The molecule has 1 unspecified atom stereocenters. The van der Waals surface area contributed by atoms with Crippen LogP contribution in [0.1, 0.15) is 17.2 Å². The molecule has 0 N–H and O–H groups in total. The quantitative estimate of drug-likeness (QED) is 0.436. The summed E-state index contributed by atoms with van der Waals surface area (Å²) in [6, 6.07) is 16.9. The SMILES string of the molecule is O=c1c2c(oc3ccc(Cl)cc13)-c1sccc1C(c1ccccc1)O2. The van der Waals surface area contributed by atoms with Gasteiger partial charge in [-0.2, -0.15) is 0 Å². The van der Waals surface area contributed by atoms with E-state index in [1.807, 2.05) is 41.8 Å². The fourth-order valence-corrected chi connectivity index (χ4v) is 4.25. The topological polar surface area (TPSA) is 39.4 Å². The summed E-state index contributed by atoms with van der Waals surface area (Å²) in [7, 11) is 0. The van der Waals surface area contributed by atoms with Crippen LogP contribution >= 0.6 is 22.9 Å². The van der Waals surface area contributed by atoms with Crippen molar-refractivity contribution in [1.82, 2.24) is 0 Å². The summed E-state index contributed by atoms with van der Waals surface area (Å²) in [4.78, 5) is 13.9. The molecule has 1 atom stereocenters. The monoisotopic (exact) mass is 366 g/mol. The van der Waals surface area contributed by atoms with E-state index in [-0.39, 0.29) is 17.3 Å². The molecule has 3 heterocycles. The second-order valence-electron chi connectivity index (χ2n) is 5.84. The molecular weight excluding hydrogens is 356 g/mol. The molecule has 0 fully saturated rings. The zero-order valence-electron chi connectivity index (χ0n) is 12.9. The van der Waals surface area contributed by atoms with Gasteiger partial charge in [0.25, 0.3) is 0 Å². The zero-order valence-corrected chi connectivity index (χ0v) is 14.4. The molecule has 122 valence electrons. The summed E-state index contributed by atoms with van der Waals surface area (Å²) in [6.07, 6.45) is -0.325. The first-order chi connectivity index (χ1) is 12.2. The van der Waals surface area contributed by atoms with Crippen LogP contribution in [0, 0.1) is 0 Å². The number of hydrogen-bond donors (Lipinski definition) is 0. The van der Waals surface area contributed by atoms with Crippen LogP contribution in [0.3, 0.4) is 0 Å². The molecule has 0 bridgehead atoms. The van der Waals surface area contributed by atoms with Gasteiger partial charge in [0.05, 0.1) is 10.3 Å². The van der Waals surface area contributed by atoms with Crippen molar-refractivity contribution < 1.29 is 9.15 Å². The first-order valence-corrected chi connectivity index (χ1v) is 9.04. The average molecular weight is 367 g/mol. The molecule has 0 radical (unpaired) electrons. The Morgan fingerprint density at radius 1 is 1.04 bits per heavy atom. The third-order valence-corrected chi connectivity index (χ3v) is 5.50.